The highest BCUT2D eigenvalue weighted by Gasteiger charge is 2.46. The number of nitrogens with zero attached hydrogens (tertiary/aromatic N) is 3. The SMILES string of the molecule is O=C1CCN(C(c2ccccc2)C(O)(c2cccnc2)c2cccnc2)C1. The van der Waals surface area contributed by atoms with Crippen LogP contribution in [0.15, 0.2) is 79.4 Å². The molecule has 0 saturated carbocycles. The summed E-state index contributed by atoms with van der Waals surface area (Å²) in [5, 5.41) is 12.2. The van der Waals surface area contributed by atoms with Crippen LogP contribution in [-0.4, -0.2) is 38.8 Å². The molecule has 1 atom stereocenters. The molecule has 1 saturated heterocycles. The Morgan fingerprint density at radius 3 is 2.04 bits per heavy atom. The number of likely N-dealkylation sites (tertiary alicyclic amines) is 1. The second-order valence-electron chi connectivity index (χ2n) is 6.82. The van der Waals surface area contributed by atoms with Crippen LogP contribution in [0.1, 0.15) is 29.2 Å². The topological polar surface area (TPSA) is 66.3 Å². The van der Waals surface area contributed by atoms with Gasteiger partial charge in [0.05, 0.1) is 12.6 Å². The van der Waals surface area contributed by atoms with Crippen molar-refractivity contribution in [3.63, 3.8) is 0 Å². The molecule has 27 heavy (non-hydrogen) atoms. The molecule has 1 aromatic carbocycles. The highest BCUT2D eigenvalue weighted by atomic mass is 16.3. The highest BCUT2D eigenvalue weighted by Crippen LogP contribution is 2.44. The maximum atomic E-state index is 12.2. The number of pyridine rings is 2. The van der Waals surface area contributed by atoms with Gasteiger partial charge >= 0.3 is 0 Å². The summed E-state index contributed by atoms with van der Waals surface area (Å²) in [6.45, 7) is 0.934. The van der Waals surface area contributed by atoms with Gasteiger partial charge in [-0.2, -0.15) is 0 Å². The first-order valence-corrected chi connectivity index (χ1v) is 9.03. The van der Waals surface area contributed by atoms with E-state index in [1.165, 1.54) is 0 Å². The standard InChI is InChI=1S/C22H21N3O2/c26-20-10-13-25(16-20)21(17-6-2-1-3-7-17)22(27,18-8-4-11-23-14-18)19-9-5-12-24-15-19/h1-9,11-12,14-15,21,27H,10,13,16H2. The summed E-state index contributed by atoms with van der Waals surface area (Å²) in [7, 11) is 0. The molecular weight excluding hydrogens is 338 g/mol. The van der Waals surface area contributed by atoms with Crippen molar-refractivity contribution in [2.75, 3.05) is 13.1 Å². The molecule has 1 aliphatic heterocycles. The molecular formula is C22H21N3O2. The maximum Gasteiger partial charge on any atom is 0.148 e. The lowest BCUT2D eigenvalue weighted by Gasteiger charge is -2.42. The molecule has 3 heterocycles. The van der Waals surface area contributed by atoms with Crippen LogP contribution in [0.3, 0.4) is 0 Å². The van der Waals surface area contributed by atoms with E-state index in [1.54, 1.807) is 24.8 Å². The summed E-state index contributed by atoms with van der Waals surface area (Å²) >= 11 is 0. The molecule has 0 amide bonds. The number of carbonyl (C=O) groups excluding carboxylic acids is 1. The molecule has 2 aromatic heterocycles. The van der Waals surface area contributed by atoms with Crippen LogP contribution in [0.25, 0.3) is 0 Å². The zero-order valence-corrected chi connectivity index (χ0v) is 14.9. The predicted octanol–water partition coefficient (Wildman–Crippen LogP) is 2.73. The first-order valence-electron chi connectivity index (χ1n) is 9.03. The fraction of sp³-hybridized carbons (Fsp3) is 0.227. The molecule has 3 aromatic rings. The van der Waals surface area contributed by atoms with Gasteiger partial charge in [0, 0.05) is 48.9 Å². The number of benzene rings is 1. The van der Waals surface area contributed by atoms with Crippen molar-refractivity contribution in [1.82, 2.24) is 14.9 Å². The third kappa shape index (κ3) is 3.27. The molecule has 1 N–H and O–H groups in total. The lowest BCUT2D eigenvalue weighted by Crippen LogP contribution is -2.44. The van der Waals surface area contributed by atoms with Crippen molar-refractivity contribution in [2.45, 2.75) is 18.1 Å². The average molecular weight is 359 g/mol. The fourth-order valence-corrected chi connectivity index (χ4v) is 3.88. The normalized spacial score (nSPS) is 16.4. The molecule has 136 valence electrons. The van der Waals surface area contributed by atoms with Crippen molar-refractivity contribution < 1.29 is 9.90 Å². The van der Waals surface area contributed by atoms with Gasteiger partial charge in [-0.15, -0.1) is 0 Å². The highest BCUT2D eigenvalue weighted by molar-refractivity contribution is 5.82. The van der Waals surface area contributed by atoms with E-state index in [1.807, 2.05) is 54.6 Å². The Balaban J connectivity index is 1.93. The second kappa shape index (κ2) is 7.39. The zero-order valence-electron chi connectivity index (χ0n) is 14.9. The van der Waals surface area contributed by atoms with Gasteiger partial charge in [0.2, 0.25) is 0 Å². The van der Waals surface area contributed by atoms with Crippen LogP contribution in [-0.2, 0) is 10.4 Å². The summed E-state index contributed by atoms with van der Waals surface area (Å²) in [5.41, 5.74) is 0.897. The lowest BCUT2D eigenvalue weighted by atomic mass is 9.77. The number of aliphatic hydroxyl groups is 1. The summed E-state index contributed by atoms with van der Waals surface area (Å²) < 4.78 is 0. The quantitative estimate of drug-likeness (QED) is 0.759. The van der Waals surface area contributed by atoms with Crippen LogP contribution in [0.5, 0.6) is 0 Å². The van der Waals surface area contributed by atoms with Crippen LogP contribution in [0, 0.1) is 0 Å². The first kappa shape index (κ1) is 17.5. The Morgan fingerprint density at radius 2 is 1.56 bits per heavy atom. The molecule has 5 heteroatoms. The Kier molecular flexibility index (Phi) is 4.79. The van der Waals surface area contributed by atoms with Crippen LogP contribution in [0.2, 0.25) is 0 Å². The van der Waals surface area contributed by atoms with Gasteiger partial charge < -0.3 is 5.11 Å². The number of ketones is 1. The number of hydrogen-bond acceptors (Lipinski definition) is 5. The minimum absolute atomic E-state index is 0.190. The van der Waals surface area contributed by atoms with Gasteiger partial charge in [0.1, 0.15) is 11.4 Å². The molecule has 0 bridgehead atoms. The Hall–Kier alpha value is -2.89. The molecule has 4 rings (SSSR count). The molecule has 5 nitrogen and oxygen atoms in total. The van der Waals surface area contributed by atoms with Crippen molar-refractivity contribution >= 4 is 5.78 Å². The summed E-state index contributed by atoms with van der Waals surface area (Å²) in [5.74, 6) is 0.190. The third-order valence-electron chi connectivity index (χ3n) is 5.14. The molecule has 0 aliphatic carbocycles. The van der Waals surface area contributed by atoms with Crippen molar-refractivity contribution in [2.24, 2.45) is 0 Å². The second-order valence-corrected chi connectivity index (χ2v) is 6.82. The number of hydrogen-bond donors (Lipinski definition) is 1. The molecule has 1 fully saturated rings. The monoisotopic (exact) mass is 359 g/mol. The van der Waals surface area contributed by atoms with Gasteiger partial charge in [0.15, 0.2) is 0 Å². The van der Waals surface area contributed by atoms with Gasteiger partial charge in [-0.1, -0.05) is 42.5 Å². The summed E-state index contributed by atoms with van der Waals surface area (Å²) in [6, 6.07) is 16.8. The predicted molar refractivity (Wildman–Crippen MR) is 102 cm³/mol. The lowest BCUT2D eigenvalue weighted by molar-refractivity contribution is -0.117. The summed E-state index contributed by atoms with van der Waals surface area (Å²) in [4.78, 5) is 22.6. The van der Waals surface area contributed by atoms with Gasteiger partial charge in [0.25, 0.3) is 0 Å². The minimum atomic E-state index is -1.39. The number of carbonyl (C=O) groups is 1. The van der Waals surface area contributed by atoms with Crippen LogP contribution >= 0.6 is 0 Å². The van der Waals surface area contributed by atoms with Gasteiger partial charge in [-0.3, -0.25) is 19.7 Å². The van der Waals surface area contributed by atoms with E-state index in [-0.39, 0.29) is 5.78 Å². The summed E-state index contributed by atoms with van der Waals surface area (Å²) in [6.07, 6.45) is 7.23. The Labute approximate surface area is 158 Å². The Morgan fingerprint density at radius 1 is 0.926 bits per heavy atom. The first-order chi connectivity index (χ1) is 13.2. The van der Waals surface area contributed by atoms with E-state index in [0.29, 0.717) is 30.6 Å². The number of aromatic nitrogens is 2. The van der Waals surface area contributed by atoms with E-state index >= 15 is 0 Å². The fourth-order valence-electron chi connectivity index (χ4n) is 3.88. The largest absolute Gasteiger partial charge is 0.378 e. The molecule has 1 aliphatic rings. The molecule has 0 radical (unpaired) electrons. The Bertz CT molecular complexity index is 861. The van der Waals surface area contributed by atoms with E-state index in [9.17, 15) is 9.90 Å². The van der Waals surface area contributed by atoms with E-state index in [0.717, 1.165) is 5.56 Å². The van der Waals surface area contributed by atoms with Crippen LogP contribution < -0.4 is 0 Å². The minimum Gasteiger partial charge on any atom is -0.378 e. The number of rotatable bonds is 5. The molecule has 1 unspecified atom stereocenters. The van der Waals surface area contributed by atoms with Crippen molar-refractivity contribution in [3.8, 4) is 0 Å². The van der Waals surface area contributed by atoms with Gasteiger partial charge in [-0.05, 0) is 17.7 Å². The smallest absolute Gasteiger partial charge is 0.148 e. The van der Waals surface area contributed by atoms with Crippen molar-refractivity contribution in [1.29, 1.82) is 0 Å². The van der Waals surface area contributed by atoms with E-state index < -0.39 is 11.6 Å². The maximum absolute atomic E-state index is 12.2. The van der Waals surface area contributed by atoms with Gasteiger partial charge in [-0.25, -0.2) is 0 Å². The third-order valence-corrected chi connectivity index (χ3v) is 5.14. The van der Waals surface area contributed by atoms with Crippen LogP contribution in [0.4, 0.5) is 0 Å². The number of Topliss-reactive ketones (excluding diaryl/α,β-unsaturated/α-hetero) is 1. The van der Waals surface area contributed by atoms with E-state index in [2.05, 4.69) is 14.9 Å². The molecule has 0 spiro atoms. The van der Waals surface area contributed by atoms with Crippen molar-refractivity contribution in [3.05, 3.63) is 96.1 Å². The van der Waals surface area contributed by atoms with E-state index in [4.69, 9.17) is 0 Å². The zero-order chi connectivity index (χ0) is 18.7. The average Bonchev–Trinajstić information content (AvgIpc) is 3.16.